The van der Waals surface area contributed by atoms with Crippen molar-refractivity contribution in [3.05, 3.63) is 12.2 Å². The molecule has 4 heteroatoms. The van der Waals surface area contributed by atoms with E-state index in [1.165, 1.54) is 12.8 Å². The number of aliphatic hydroxyl groups is 1. The molecule has 22 heavy (non-hydrogen) atoms. The SMILES string of the molecule is CCCC/C=C/C[C@H]1O[C@]1(C)[C@H]1[C@H](OC)[C@H](O)CC[C@]12CO2. The molecule has 1 N–H and O–H groups in total. The molecule has 4 nitrogen and oxygen atoms in total. The number of unbranched alkanes of at least 4 members (excludes halogenated alkanes) is 2. The molecule has 0 radical (unpaired) electrons. The summed E-state index contributed by atoms with van der Waals surface area (Å²) in [7, 11) is 1.69. The zero-order chi connectivity index (χ0) is 15.8. The van der Waals surface area contributed by atoms with Gasteiger partial charge in [-0.1, -0.05) is 31.9 Å². The molecule has 3 aliphatic rings. The van der Waals surface area contributed by atoms with Gasteiger partial charge in [0.2, 0.25) is 0 Å². The van der Waals surface area contributed by atoms with Crippen LogP contribution in [0.3, 0.4) is 0 Å². The lowest BCUT2D eigenvalue weighted by molar-refractivity contribution is -0.116. The molecule has 2 heterocycles. The van der Waals surface area contributed by atoms with Crippen molar-refractivity contribution in [2.75, 3.05) is 13.7 Å². The number of aliphatic hydroxyl groups excluding tert-OH is 1. The molecular formula is C18H30O4. The molecule has 3 fully saturated rings. The van der Waals surface area contributed by atoms with E-state index in [0.717, 1.165) is 32.3 Å². The standard InChI is InChI=1S/C18H30O4/c1-4-5-6-7-8-9-14-17(2,22-14)16-15(20-3)13(19)10-11-18(16)12-21-18/h7-8,13-16,19H,4-6,9-12H2,1-3H3/b8-7+/t13-,14-,15-,16-,17+,18+/m1/s1. The number of rotatable bonds is 7. The summed E-state index contributed by atoms with van der Waals surface area (Å²) in [5.41, 5.74) is -0.344. The van der Waals surface area contributed by atoms with Crippen molar-refractivity contribution in [1.29, 1.82) is 0 Å². The summed E-state index contributed by atoms with van der Waals surface area (Å²) < 4.78 is 17.5. The zero-order valence-electron chi connectivity index (χ0n) is 14.1. The number of hydrogen-bond acceptors (Lipinski definition) is 4. The highest BCUT2D eigenvalue weighted by Gasteiger charge is 2.71. The van der Waals surface area contributed by atoms with Crippen molar-refractivity contribution < 1.29 is 19.3 Å². The molecule has 6 atom stereocenters. The maximum atomic E-state index is 10.3. The van der Waals surface area contributed by atoms with Crippen molar-refractivity contribution in [2.24, 2.45) is 5.92 Å². The minimum atomic E-state index is -0.411. The molecular weight excluding hydrogens is 280 g/mol. The maximum Gasteiger partial charge on any atom is 0.101 e. The average molecular weight is 310 g/mol. The van der Waals surface area contributed by atoms with Crippen LogP contribution >= 0.6 is 0 Å². The van der Waals surface area contributed by atoms with E-state index in [1.54, 1.807) is 7.11 Å². The van der Waals surface area contributed by atoms with Crippen LogP contribution in [-0.4, -0.2) is 48.3 Å². The topological polar surface area (TPSA) is 54.5 Å². The van der Waals surface area contributed by atoms with Gasteiger partial charge in [-0.15, -0.1) is 0 Å². The highest BCUT2D eigenvalue weighted by Crippen LogP contribution is 2.59. The van der Waals surface area contributed by atoms with Crippen LogP contribution in [0.1, 0.15) is 52.4 Å². The van der Waals surface area contributed by atoms with Gasteiger partial charge in [0.25, 0.3) is 0 Å². The summed E-state index contributed by atoms with van der Waals surface area (Å²) in [5, 5.41) is 10.3. The number of allylic oxidation sites excluding steroid dienone is 1. The fourth-order valence-corrected chi connectivity index (χ4v) is 4.28. The quantitative estimate of drug-likeness (QED) is 0.446. The van der Waals surface area contributed by atoms with E-state index in [2.05, 4.69) is 26.0 Å². The predicted octanol–water partition coefficient (Wildman–Crippen LogP) is 2.84. The molecule has 0 aromatic rings. The molecule has 0 aromatic heterocycles. The van der Waals surface area contributed by atoms with Crippen LogP contribution in [0.15, 0.2) is 12.2 Å². The van der Waals surface area contributed by atoms with Gasteiger partial charge >= 0.3 is 0 Å². The molecule has 3 rings (SSSR count). The summed E-state index contributed by atoms with van der Waals surface area (Å²) in [5.74, 6) is 0.128. The summed E-state index contributed by atoms with van der Waals surface area (Å²) in [6, 6.07) is 0. The zero-order valence-corrected chi connectivity index (χ0v) is 14.1. The summed E-state index contributed by atoms with van der Waals surface area (Å²) >= 11 is 0. The molecule has 0 amide bonds. The van der Waals surface area contributed by atoms with Gasteiger partial charge in [0.15, 0.2) is 0 Å². The van der Waals surface area contributed by atoms with Crippen molar-refractivity contribution >= 4 is 0 Å². The van der Waals surface area contributed by atoms with Crippen LogP contribution in [0.2, 0.25) is 0 Å². The van der Waals surface area contributed by atoms with Crippen LogP contribution in [-0.2, 0) is 14.2 Å². The molecule has 2 saturated heterocycles. The van der Waals surface area contributed by atoms with Crippen molar-refractivity contribution in [2.45, 2.75) is 81.9 Å². The summed E-state index contributed by atoms with van der Waals surface area (Å²) in [4.78, 5) is 0. The number of methoxy groups -OCH3 is 1. The Morgan fingerprint density at radius 2 is 2.14 bits per heavy atom. The summed E-state index contributed by atoms with van der Waals surface area (Å²) in [6.45, 7) is 5.15. The first-order chi connectivity index (χ1) is 10.6. The first-order valence-electron chi connectivity index (χ1n) is 8.75. The molecule has 1 aliphatic carbocycles. The second kappa shape index (κ2) is 6.23. The van der Waals surface area contributed by atoms with Crippen molar-refractivity contribution in [1.82, 2.24) is 0 Å². The highest BCUT2D eigenvalue weighted by molar-refractivity contribution is 5.20. The normalized spacial score (nSPS) is 47.3. The fourth-order valence-electron chi connectivity index (χ4n) is 4.28. The second-order valence-corrected chi connectivity index (χ2v) is 7.28. The number of epoxide rings is 2. The lowest BCUT2D eigenvalue weighted by atomic mass is 9.68. The van der Waals surface area contributed by atoms with E-state index >= 15 is 0 Å². The smallest absolute Gasteiger partial charge is 0.101 e. The highest BCUT2D eigenvalue weighted by atomic mass is 16.6. The molecule has 0 bridgehead atoms. The number of hydrogen-bond donors (Lipinski definition) is 1. The van der Waals surface area contributed by atoms with Gasteiger partial charge in [-0.05, 0) is 32.6 Å². The molecule has 0 aromatic carbocycles. The van der Waals surface area contributed by atoms with E-state index in [1.807, 2.05) is 0 Å². The monoisotopic (exact) mass is 310 g/mol. The Morgan fingerprint density at radius 1 is 1.36 bits per heavy atom. The van der Waals surface area contributed by atoms with Gasteiger partial charge in [-0.25, -0.2) is 0 Å². The van der Waals surface area contributed by atoms with E-state index in [0.29, 0.717) is 0 Å². The van der Waals surface area contributed by atoms with Gasteiger partial charge in [0.05, 0.1) is 36.4 Å². The van der Waals surface area contributed by atoms with Crippen molar-refractivity contribution in [3.63, 3.8) is 0 Å². The summed E-state index contributed by atoms with van der Waals surface area (Å²) in [6.07, 6.45) is 10.4. The Hall–Kier alpha value is -0.420. The second-order valence-electron chi connectivity index (χ2n) is 7.28. The van der Waals surface area contributed by atoms with E-state index in [4.69, 9.17) is 14.2 Å². The van der Waals surface area contributed by atoms with E-state index < -0.39 is 6.10 Å². The van der Waals surface area contributed by atoms with Gasteiger partial charge in [0.1, 0.15) is 5.60 Å². The molecule has 126 valence electrons. The Bertz CT molecular complexity index is 417. The fraction of sp³-hybridized carbons (Fsp3) is 0.889. The predicted molar refractivity (Wildman–Crippen MR) is 84.8 cm³/mol. The van der Waals surface area contributed by atoms with Crippen LogP contribution < -0.4 is 0 Å². The Kier molecular flexibility index (Phi) is 4.66. The third-order valence-electron chi connectivity index (χ3n) is 5.76. The number of ether oxygens (including phenoxy) is 3. The Labute approximate surface area is 133 Å². The third-order valence-corrected chi connectivity index (χ3v) is 5.76. The molecule has 1 saturated carbocycles. The first-order valence-corrected chi connectivity index (χ1v) is 8.75. The minimum Gasteiger partial charge on any atom is -0.390 e. The maximum absolute atomic E-state index is 10.3. The van der Waals surface area contributed by atoms with Crippen molar-refractivity contribution in [3.8, 4) is 0 Å². The van der Waals surface area contributed by atoms with E-state index in [9.17, 15) is 5.11 Å². The lowest BCUT2D eigenvalue weighted by Crippen LogP contribution is -2.54. The largest absolute Gasteiger partial charge is 0.390 e. The molecule has 2 aliphatic heterocycles. The Morgan fingerprint density at radius 3 is 2.77 bits per heavy atom. The minimum absolute atomic E-state index is 0.116. The van der Waals surface area contributed by atoms with Crippen LogP contribution in [0.25, 0.3) is 0 Å². The van der Waals surface area contributed by atoms with Crippen LogP contribution in [0, 0.1) is 5.92 Å². The lowest BCUT2D eigenvalue weighted by Gasteiger charge is -2.41. The van der Waals surface area contributed by atoms with E-state index in [-0.39, 0.29) is 29.3 Å². The van der Waals surface area contributed by atoms with Crippen LogP contribution in [0.5, 0.6) is 0 Å². The third kappa shape index (κ3) is 2.86. The first kappa shape index (κ1) is 16.4. The van der Waals surface area contributed by atoms with Gasteiger partial charge < -0.3 is 19.3 Å². The van der Waals surface area contributed by atoms with Crippen LogP contribution in [0.4, 0.5) is 0 Å². The molecule has 0 unspecified atom stereocenters. The Balaban J connectivity index is 1.63. The van der Waals surface area contributed by atoms with Gasteiger partial charge in [0, 0.05) is 7.11 Å². The molecule has 1 spiro atoms. The van der Waals surface area contributed by atoms with Gasteiger partial charge in [-0.2, -0.15) is 0 Å². The average Bonchev–Trinajstić information content (AvgIpc) is 3.40. The van der Waals surface area contributed by atoms with Gasteiger partial charge in [-0.3, -0.25) is 0 Å².